The van der Waals surface area contributed by atoms with Crippen molar-refractivity contribution in [3.63, 3.8) is 0 Å². The van der Waals surface area contributed by atoms with Gasteiger partial charge in [0.2, 0.25) is 0 Å². The molecular weight excluding hydrogens is 196 g/mol. The van der Waals surface area contributed by atoms with Gasteiger partial charge >= 0.3 is 5.97 Å². The summed E-state index contributed by atoms with van der Waals surface area (Å²) in [6.07, 6.45) is 3.11. The molecule has 1 rings (SSSR count). The number of esters is 1. The molecule has 0 amide bonds. The Balaban J connectivity index is 2.62. The summed E-state index contributed by atoms with van der Waals surface area (Å²) in [5, 5.41) is 3.07. The standard InChI is InChI=1S/C10H14N2O3/c1-14-4-3-12-9-5-8(6-11-7-9)10(13)15-2/h5-7,12H,3-4H2,1-2H3. The molecule has 0 atom stereocenters. The molecule has 1 aromatic rings. The second kappa shape index (κ2) is 5.98. The zero-order chi connectivity index (χ0) is 11.1. The number of nitrogens with one attached hydrogen (secondary N) is 1. The molecule has 0 spiro atoms. The van der Waals surface area contributed by atoms with Crippen molar-refractivity contribution < 1.29 is 14.3 Å². The van der Waals surface area contributed by atoms with E-state index in [1.54, 1.807) is 19.4 Å². The fourth-order valence-corrected chi connectivity index (χ4v) is 1.06. The average molecular weight is 210 g/mol. The van der Waals surface area contributed by atoms with Crippen LogP contribution in [0.5, 0.6) is 0 Å². The SMILES string of the molecule is COCCNc1cncc(C(=O)OC)c1. The molecule has 0 saturated carbocycles. The quantitative estimate of drug-likeness (QED) is 0.578. The number of carbonyl (C=O) groups is 1. The fourth-order valence-electron chi connectivity index (χ4n) is 1.06. The van der Waals surface area contributed by atoms with Crippen molar-refractivity contribution in [2.75, 3.05) is 32.7 Å². The van der Waals surface area contributed by atoms with Crippen molar-refractivity contribution in [2.24, 2.45) is 0 Å². The van der Waals surface area contributed by atoms with Gasteiger partial charge in [-0.3, -0.25) is 4.98 Å². The molecule has 0 saturated heterocycles. The van der Waals surface area contributed by atoms with Gasteiger partial charge in [-0.25, -0.2) is 4.79 Å². The zero-order valence-electron chi connectivity index (χ0n) is 8.82. The van der Waals surface area contributed by atoms with E-state index < -0.39 is 5.97 Å². The lowest BCUT2D eigenvalue weighted by Crippen LogP contribution is -2.09. The maximum Gasteiger partial charge on any atom is 0.339 e. The molecule has 0 aliphatic heterocycles. The summed E-state index contributed by atoms with van der Waals surface area (Å²) < 4.78 is 9.47. The lowest BCUT2D eigenvalue weighted by Gasteiger charge is -2.06. The van der Waals surface area contributed by atoms with Crippen LogP contribution in [0.4, 0.5) is 5.69 Å². The van der Waals surface area contributed by atoms with Crippen molar-refractivity contribution >= 4 is 11.7 Å². The van der Waals surface area contributed by atoms with Gasteiger partial charge in [0.15, 0.2) is 0 Å². The fraction of sp³-hybridized carbons (Fsp3) is 0.400. The normalized spacial score (nSPS) is 9.73. The first kappa shape index (κ1) is 11.5. The topological polar surface area (TPSA) is 60.5 Å². The van der Waals surface area contributed by atoms with E-state index in [9.17, 15) is 4.79 Å². The maximum atomic E-state index is 11.2. The molecule has 1 aromatic heterocycles. The van der Waals surface area contributed by atoms with Gasteiger partial charge in [0.05, 0.1) is 25.0 Å². The summed E-state index contributed by atoms with van der Waals surface area (Å²) in [5.74, 6) is -0.391. The third kappa shape index (κ3) is 3.55. The number of anilines is 1. The lowest BCUT2D eigenvalue weighted by molar-refractivity contribution is 0.0600. The minimum absolute atomic E-state index is 0.391. The predicted octanol–water partition coefficient (Wildman–Crippen LogP) is 0.927. The van der Waals surface area contributed by atoms with E-state index in [4.69, 9.17) is 4.74 Å². The van der Waals surface area contributed by atoms with Gasteiger partial charge < -0.3 is 14.8 Å². The molecular formula is C10H14N2O3. The number of hydrogen-bond acceptors (Lipinski definition) is 5. The molecule has 0 unspecified atom stereocenters. The van der Waals surface area contributed by atoms with Crippen molar-refractivity contribution in [1.29, 1.82) is 0 Å². The molecule has 15 heavy (non-hydrogen) atoms. The van der Waals surface area contributed by atoms with Gasteiger partial charge in [-0.05, 0) is 6.07 Å². The largest absolute Gasteiger partial charge is 0.465 e. The number of carbonyl (C=O) groups excluding carboxylic acids is 1. The maximum absolute atomic E-state index is 11.2. The summed E-state index contributed by atoms with van der Waals surface area (Å²) in [5.41, 5.74) is 1.20. The molecule has 0 aliphatic rings. The van der Waals surface area contributed by atoms with E-state index in [-0.39, 0.29) is 0 Å². The van der Waals surface area contributed by atoms with Crippen LogP contribution in [0, 0.1) is 0 Å². The number of pyridine rings is 1. The number of methoxy groups -OCH3 is 2. The second-order valence-electron chi connectivity index (χ2n) is 2.87. The van der Waals surface area contributed by atoms with Crippen molar-refractivity contribution in [3.8, 4) is 0 Å². The Labute approximate surface area is 88.4 Å². The smallest absolute Gasteiger partial charge is 0.339 e. The second-order valence-corrected chi connectivity index (χ2v) is 2.87. The summed E-state index contributed by atoms with van der Waals surface area (Å²) in [7, 11) is 2.97. The molecule has 0 bridgehead atoms. The molecule has 0 aliphatic carbocycles. The van der Waals surface area contributed by atoms with Gasteiger partial charge in [0, 0.05) is 26.0 Å². The first-order valence-corrected chi connectivity index (χ1v) is 4.54. The Morgan fingerprint density at radius 1 is 1.47 bits per heavy atom. The van der Waals surface area contributed by atoms with Gasteiger partial charge in [-0.15, -0.1) is 0 Å². The Kier molecular flexibility index (Phi) is 4.56. The molecule has 82 valence electrons. The van der Waals surface area contributed by atoms with E-state index in [0.29, 0.717) is 18.7 Å². The number of rotatable bonds is 5. The van der Waals surface area contributed by atoms with Crippen LogP contribution in [0.25, 0.3) is 0 Å². The Morgan fingerprint density at radius 3 is 2.93 bits per heavy atom. The summed E-state index contributed by atoms with van der Waals surface area (Å²) in [6, 6.07) is 1.69. The molecule has 5 heteroatoms. The van der Waals surface area contributed by atoms with Crippen LogP contribution in [0.15, 0.2) is 18.5 Å². The highest BCUT2D eigenvalue weighted by Gasteiger charge is 2.05. The van der Waals surface area contributed by atoms with Crippen LogP contribution in [0.2, 0.25) is 0 Å². The van der Waals surface area contributed by atoms with Gasteiger partial charge in [-0.1, -0.05) is 0 Å². The van der Waals surface area contributed by atoms with Crippen molar-refractivity contribution in [1.82, 2.24) is 4.98 Å². The predicted molar refractivity (Wildman–Crippen MR) is 55.9 cm³/mol. The van der Waals surface area contributed by atoms with Crippen LogP contribution in [-0.2, 0) is 9.47 Å². The van der Waals surface area contributed by atoms with E-state index >= 15 is 0 Å². The minimum atomic E-state index is -0.391. The molecule has 0 aromatic carbocycles. The summed E-state index contributed by atoms with van der Waals surface area (Å²) in [4.78, 5) is 15.1. The van der Waals surface area contributed by atoms with E-state index in [1.807, 2.05) is 0 Å². The highest BCUT2D eigenvalue weighted by Crippen LogP contribution is 2.08. The zero-order valence-corrected chi connectivity index (χ0v) is 8.82. The Morgan fingerprint density at radius 2 is 2.27 bits per heavy atom. The van der Waals surface area contributed by atoms with Gasteiger partial charge in [-0.2, -0.15) is 0 Å². The molecule has 0 fully saturated rings. The van der Waals surface area contributed by atoms with Gasteiger partial charge in [0.25, 0.3) is 0 Å². The number of nitrogens with zero attached hydrogens (tertiary/aromatic N) is 1. The number of hydrogen-bond donors (Lipinski definition) is 1. The molecule has 5 nitrogen and oxygen atoms in total. The third-order valence-electron chi connectivity index (χ3n) is 1.79. The van der Waals surface area contributed by atoms with E-state index in [1.165, 1.54) is 13.3 Å². The highest BCUT2D eigenvalue weighted by atomic mass is 16.5. The van der Waals surface area contributed by atoms with Crippen LogP contribution in [0.1, 0.15) is 10.4 Å². The molecule has 0 radical (unpaired) electrons. The lowest BCUT2D eigenvalue weighted by atomic mass is 10.2. The van der Waals surface area contributed by atoms with Crippen molar-refractivity contribution in [2.45, 2.75) is 0 Å². The molecule has 1 heterocycles. The first-order chi connectivity index (χ1) is 7.27. The Bertz CT molecular complexity index is 328. The number of aromatic nitrogens is 1. The third-order valence-corrected chi connectivity index (χ3v) is 1.79. The van der Waals surface area contributed by atoms with Gasteiger partial charge in [0.1, 0.15) is 0 Å². The Hall–Kier alpha value is -1.62. The summed E-state index contributed by atoms with van der Waals surface area (Å²) in [6.45, 7) is 1.27. The minimum Gasteiger partial charge on any atom is -0.465 e. The van der Waals surface area contributed by atoms with Crippen LogP contribution < -0.4 is 5.32 Å². The van der Waals surface area contributed by atoms with Crippen LogP contribution >= 0.6 is 0 Å². The summed E-state index contributed by atoms with van der Waals surface area (Å²) >= 11 is 0. The van der Waals surface area contributed by atoms with Crippen molar-refractivity contribution in [3.05, 3.63) is 24.0 Å². The monoisotopic (exact) mass is 210 g/mol. The number of ether oxygens (including phenoxy) is 2. The molecule has 1 N–H and O–H groups in total. The average Bonchev–Trinajstić information content (AvgIpc) is 2.29. The van der Waals surface area contributed by atoms with Crippen LogP contribution in [0.3, 0.4) is 0 Å². The van der Waals surface area contributed by atoms with E-state index in [0.717, 1.165) is 5.69 Å². The van der Waals surface area contributed by atoms with Crippen LogP contribution in [-0.4, -0.2) is 38.3 Å². The van der Waals surface area contributed by atoms with E-state index in [2.05, 4.69) is 15.0 Å². The highest BCUT2D eigenvalue weighted by molar-refractivity contribution is 5.89. The first-order valence-electron chi connectivity index (χ1n) is 4.54.